The summed E-state index contributed by atoms with van der Waals surface area (Å²) in [6, 6.07) is 8.17. The minimum atomic E-state index is -0.827. The highest BCUT2D eigenvalue weighted by molar-refractivity contribution is 5.42. The van der Waals surface area contributed by atoms with Gasteiger partial charge in [-0.3, -0.25) is 4.98 Å². The number of rotatable bonds is 3. The molecule has 1 aromatic heterocycles. The molecule has 0 saturated heterocycles. The molecule has 1 aliphatic carbocycles. The van der Waals surface area contributed by atoms with Gasteiger partial charge in [0.15, 0.2) is 0 Å². The Bertz CT molecular complexity index is 656. The highest BCUT2D eigenvalue weighted by Crippen LogP contribution is 2.35. The summed E-state index contributed by atoms with van der Waals surface area (Å²) in [6.45, 7) is 4.30. The molecule has 0 saturated carbocycles. The van der Waals surface area contributed by atoms with Crippen LogP contribution in [0, 0.1) is 13.8 Å². The van der Waals surface area contributed by atoms with Gasteiger partial charge in [0.2, 0.25) is 0 Å². The Balaban J connectivity index is 1.83. The van der Waals surface area contributed by atoms with Gasteiger partial charge in [0.1, 0.15) is 11.4 Å². The van der Waals surface area contributed by atoms with Crippen LogP contribution < -0.4 is 5.32 Å². The van der Waals surface area contributed by atoms with E-state index < -0.39 is 5.60 Å². The van der Waals surface area contributed by atoms with Gasteiger partial charge < -0.3 is 10.4 Å². The molecule has 1 heterocycles. The van der Waals surface area contributed by atoms with Crippen molar-refractivity contribution in [2.75, 3.05) is 11.9 Å². The third-order valence-corrected chi connectivity index (χ3v) is 4.18. The molecule has 0 radical (unpaired) electrons. The highest BCUT2D eigenvalue weighted by Gasteiger charge is 2.34. The first kappa shape index (κ1) is 14.0. The zero-order chi connectivity index (χ0) is 14.9. The molecule has 1 aliphatic rings. The molecule has 1 aromatic carbocycles. The van der Waals surface area contributed by atoms with Crippen molar-refractivity contribution in [3.05, 3.63) is 53.0 Å². The number of anilines is 1. The minimum absolute atomic E-state index is 0.461. The number of aliphatic hydroxyl groups is 1. The van der Waals surface area contributed by atoms with Crippen molar-refractivity contribution in [2.45, 2.75) is 38.7 Å². The molecule has 110 valence electrons. The first-order valence-corrected chi connectivity index (χ1v) is 7.43. The lowest BCUT2D eigenvalue weighted by molar-refractivity contribution is 0.0322. The second-order valence-corrected chi connectivity index (χ2v) is 5.84. The topological polar surface area (TPSA) is 58.0 Å². The molecule has 0 spiro atoms. The Morgan fingerprint density at radius 3 is 2.95 bits per heavy atom. The van der Waals surface area contributed by atoms with Gasteiger partial charge in [-0.2, -0.15) is 0 Å². The van der Waals surface area contributed by atoms with Crippen molar-refractivity contribution in [1.29, 1.82) is 0 Å². The molecule has 2 aromatic rings. The second kappa shape index (κ2) is 5.45. The van der Waals surface area contributed by atoms with Gasteiger partial charge in [0.05, 0.1) is 11.4 Å². The Labute approximate surface area is 125 Å². The summed E-state index contributed by atoms with van der Waals surface area (Å²) in [5.41, 5.74) is 3.20. The maximum absolute atomic E-state index is 11.0. The molecule has 0 bridgehead atoms. The number of fused-ring (bicyclic) bond motifs is 1. The number of nitrogens with zero attached hydrogens (tertiary/aromatic N) is 2. The quantitative estimate of drug-likeness (QED) is 0.909. The van der Waals surface area contributed by atoms with Gasteiger partial charge in [0.25, 0.3) is 0 Å². The summed E-state index contributed by atoms with van der Waals surface area (Å²) in [7, 11) is 0. The van der Waals surface area contributed by atoms with Gasteiger partial charge in [-0.15, -0.1) is 0 Å². The van der Waals surface area contributed by atoms with Crippen LogP contribution in [-0.2, 0) is 12.0 Å². The lowest BCUT2D eigenvalue weighted by atomic mass is 9.79. The molecule has 4 nitrogen and oxygen atoms in total. The molecule has 0 aliphatic heterocycles. The fourth-order valence-corrected chi connectivity index (χ4v) is 3.02. The van der Waals surface area contributed by atoms with Crippen LogP contribution in [0.3, 0.4) is 0 Å². The molecule has 1 unspecified atom stereocenters. The van der Waals surface area contributed by atoms with E-state index in [-0.39, 0.29) is 0 Å². The minimum Gasteiger partial charge on any atom is -0.383 e. The Kier molecular flexibility index (Phi) is 3.64. The fraction of sp³-hybridized carbons (Fsp3) is 0.412. The van der Waals surface area contributed by atoms with Crippen molar-refractivity contribution < 1.29 is 5.11 Å². The zero-order valence-electron chi connectivity index (χ0n) is 12.6. The third kappa shape index (κ3) is 2.76. The molecule has 3 rings (SSSR count). The van der Waals surface area contributed by atoms with E-state index in [1.54, 1.807) is 6.20 Å². The molecule has 2 N–H and O–H groups in total. The van der Waals surface area contributed by atoms with Crippen LogP contribution in [0.4, 0.5) is 5.82 Å². The maximum Gasteiger partial charge on any atom is 0.147 e. The van der Waals surface area contributed by atoms with Crippen molar-refractivity contribution >= 4 is 5.82 Å². The summed E-state index contributed by atoms with van der Waals surface area (Å²) in [6.07, 6.45) is 4.58. The number of benzene rings is 1. The van der Waals surface area contributed by atoms with E-state index in [1.165, 1.54) is 5.56 Å². The van der Waals surface area contributed by atoms with Crippen molar-refractivity contribution in [1.82, 2.24) is 9.97 Å². The Morgan fingerprint density at radius 1 is 1.29 bits per heavy atom. The van der Waals surface area contributed by atoms with Gasteiger partial charge in [-0.25, -0.2) is 4.98 Å². The van der Waals surface area contributed by atoms with Gasteiger partial charge in [-0.1, -0.05) is 24.3 Å². The highest BCUT2D eigenvalue weighted by atomic mass is 16.3. The zero-order valence-corrected chi connectivity index (χ0v) is 12.6. The monoisotopic (exact) mass is 283 g/mol. The van der Waals surface area contributed by atoms with E-state index in [9.17, 15) is 5.11 Å². The van der Waals surface area contributed by atoms with Crippen LogP contribution in [0.15, 0.2) is 30.5 Å². The lowest BCUT2D eigenvalue weighted by Crippen LogP contribution is -2.38. The Morgan fingerprint density at radius 2 is 2.10 bits per heavy atom. The predicted octanol–water partition coefficient (Wildman–Crippen LogP) is 2.73. The predicted molar refractivity (Wildman–Crippen MR) is 83.3 cm³/mol. The molecule has 21 heavy (non-hydrogen) atoms. The number of aryl methyl sites for hydroxylation is 3. The van der Waals surface area contributed by atoms with Crippen LogP contribution in [0.2, 0.25) is 0 Å². The Hall–Kier alpha value is -1.94. The van der Waals surface area contributed by atoms with E-state index in [0.29, 0.717) is 6.54 Å². The molecule has 0 fully saturated rings. The lowest BCUT2D eigenvalue weighted by Gasteiger charge is -2.35. The smallest absolute Gasteiger partial charge is 0.147 e. The van der Waals surface area contributed by atoms with Crippen LogP contribution in [0.5, 0.6) is 0 Å². The molecule has 0 amide bonds. The van der Waals surface area contributed by atoms with Crippen LogP contribution in [-0.4, -0.2) is 21.6 Å². The molecule has 4 heteroatoms. The number of hydrogen-bond donors (Lipinski definition) is 2. The summed E-state index contributed by atoms with van der Waals surface area (Å²) >= 11 is 0. The summed E-state index contributed by atoms with van der Waals surface area (Å²) in [5.74, 6) is 0.756. The van der Waals surface area contributed by atoms with Crippen LogP contribution in [0.25, 0.3) is 0 Å². The maximum atomic E-state index is 11.0. The van der Waals surface area contributed by atoms with Crippen molar-refractivity contribution in [3.8, 4) is 0 Å². The summed E-state index contributed by atoms with van der Waals surface area (Å²) < 4.78 is 0. The largest absolute Gasteiger partial charge is 0.383 e. The first-order chi connectivity index (χ1) is 10.1. The average molecular weight is 283 g/mol. The first-order valence-electron chi connectivity index (χ1n) is 7.43. The number of nitrogens with one attached hydrogen (secondary N) is 1. The van der Waals surface area contributed by atoms with Crippen molar-refractivity contribution in [2.24, 2.45) is 0 Å². The van der Waals surface area contributed by atoms with E-state index in [4.69, 9.17) is 0 Å². The molecular weight excluding hydrogens is 262 g/mol. The second-order valence-electron chi connectivity index (χ2n) is 5.84. The normalized spacial score (nSPS) is 20.9. The van der Waals surface area contributed by atoms with Crippen LogP contribution in [0.1, 0.15) is 35.4 Å². The fourth-order valence-electron chi connectivity index (χ4n) is 3.02. The van der Waals surface area contributed by atoms with E-state index in [0.717, 1.165) is 42.0 Å². The van der Waals surface area contributed by atoms with Gasteiger partial charge in [-0.05, 0) is 44.2 Å². The molecular formula is C17H21N3O. The van der Waals surface area contributed by atoms with E-state index in [1.807, 2.05) is 32.0 Å². The third-order valence-electron chi connectivity index (χ3n) is 4.18. The molecule has 1 atom stereocenters. The number of hydrogen-bond acceptors (Lipinski definition) is 4. The number of aromatic nitrogens is 2. The summed E-state index contributed by atoms with van der Waals surface area (Å²) in [4.78, 5) is 8.76. The standard InChI is InChI=1S/C17H21N3O/c1-12-10-18-13(2)16(20-12)19-11-17(21)9-5-7-14-6-3-4-8-15(14)17/h3-4,6,8,10,21H,5,7,9,11H2,1-2H3,(H,19,20). The average Bonchev–Trinajstić information content (AvgIpc) is 2.49. The van der Waals surface area contributed by atoms with Gasteiger partial charge in [0, 0.05) is 12.7 Å². The van der Waals surface area contributed by atoms with Gasteiger partial charge >= 0.3 is 0 Å². The SMILES string of the molecule is Cc1cnc(C)c(NCC2(O)CCCc3ccccc32)n1. The van der Waals surface area contributed by atoms with E-state index >= 15 is 0 Å². The van der Waals surface area contributed by atoms with E-state index in [2.05, 4.69) is 21.4 Å². The summed E-state index contributed by atoms with van der Waals surface area (Å²) in [5, 5.41) is 14.3. The van der Waals surface area contributed by atoms with Crippen molar-refractivity contribution in [3.63, 3.8) is 0 Å². The van der Waals surface area contributed by atoms with Crippen LogP contribution >= 0.6 is 0 Å².